The average molecular weight is 450 g/mol. The molecule has 0 atom stereocenters. The van der Waals surface area contributed by atoms with Crippen LogP contribution in [0.4, 0.5) is 0 Å². The molecule has 3 rings (SSSR count). The Bertz CT molecular complexity index is 1190. The third kappa shape index (κ3) is 4.25. The molecule has 10 heteroatoms. The van der Waals surface area contributed by atoms with Gasteiger partial charge >= 0.3 is 0 Å². The molecule has 30 heavy (non-hydrogen) atoms. The normalized spacial score (nSPS) is 16.4. The lowest BCUT2D eigenvalue weighted by atomic mass is 10.1. The van der Waals surface area contributed by atoms with Crippen molar-refractivity contribution >= 4 is 30.9 Å². The predicted molar refractivity (Wildman–Crippen MR) is 114 cm³/mol. The first-order chi connectivity index (χ1) is 14.0. The molecular weight excluding hydrogens is 426 g/mol. The highest BCUT2D eigenvalue weighted by Gasteiger charge is 2.45. The van der Waals surface area contributed by atoms with Crippen molar-refractivity contribution < 1.29 is 21.6 Å². The van der Waals surface area contributed by atoms with Crippen molar-refractivity contribution in [3.8, 4) is 0 Å². The molecular formula is C20H23N3O5S2. The number of benzene rings is 2. The van der Waals surface area contributed by atoms with E-state index < -0.39 is 32.0 Å². The number of hydrogen-bond donors (Lipinski definition) is 2. The molecule has 0 aliphatic carbocycles. The van der Waals surface area contributed by atoms with Gasteiger partial charge in [-0.2, -0.15) is 0 Å². The van der Waals surface area contributed by atoms with E-state index in [0.29, 0.717) is 12.0 Å². The van der Waals surface area contributed by atoms with Crippen LogP contribution in [0.2, 0.25) is 0 Å². The molecule has 0 fully saturated rings. The lowest BCUT2D eigenvalue weighted by molar-refractivity contribution is -0.123. The molecule has 0 unspecified atom stereocenters. The summed E-state index contributed by atoms with van der Waals surface area (Å²) in [6, 6.07) is 14.0. The van der Waals surface area contributed by atoms with Crippen molar-refractivity contribution in [1.29, 1.82) is 0 Å². The number of carbonyl (C=O) groups excluding carboxylic acids is 1. The smallest absolute Gasteiger partial charge is 0.285 e. The number of rotatable bonds is 7. The first kappa shape index (κ1) is 22.0. The summed E-state index contributed by atoms with van der Waals surface area (Å²) in [6.45, 7) is 3.58. The van der Waals surface area contributed by atoms with Crippen molar-refractivity contribution in [1.82, 2.24) is 9.62 Å². The molecule has 2 aromatic carbocycles. The van der Waals surface area contributed by atoms with Gasteiger partial charge in [-0.15, -0.1) is 0 Å². The molecule has 3 N–H and O–H groups in total. The Kier molecular flexibility index (Phi) is 6.02. The zero-order chi connectivity index (χ0) is 22.1. The van der Waals surface area contributed by atoms with Gasteiger partial charge in [0.05, 0.1) is 4.90 Å². The number of nitrogens with two attached hydrogens (primary N) is 1. The van der Waals surface area contributed by atoms with Gasteiger partial charge in [-0.3, -0.25) is 4.79 Å². The summed E-state index contributed by atoms with van der Waals surface area (Å²) in [6.07, 6.45) is 0.450. The fourth-order valence-electron chi connectivity index (χ4n) is 3.27. The highest BCUT2D eigenvalue weighted by atomic mass is 32.2. The quantitative estimate of drug-likeness (QED) is 0.658. The SMILES string of the molecule is CC(C)N1C(=O)C(NCCc2ccc(S(N)(=O)=O)cc2)=C(c2ccccc2)S1(=O)=O. The summed E-state index contributed by atoms with van der Waals surface area (Å²) >= 11 is 0. The standard InChI is InChI=1S/C20H23N3O5S2/c1-14(2)23-20(24)18(19(30(23,27)28)16-6-4-3-5-7-16)22-13-12-15-8-10-17(11-9-15)29(21,25)26/h3-11,14,22H,12-13H2,1-2H3,(H2,21,25,26). The number of amides is 1. The molecule has 8 nitrogen and oxygen atoms in total. The number of nitrogens with one attached hydrogen (secondary N) is 1. The van der Waals surface area contributed by atoms with Gasteiger partial charge < -0.3 is 5.32 Å². The van der Waals surface area contributed by atoms with Gasteiger partial charge in [-0.1, -0.05) is 42.5 Å². The van der Waals surface area contributed by atoms with Crippen LogP contribution in [0.3, 0.4) is 0 Å². The molecule has 1 aliphatic heterocycles. The summed E-state index contributed by atoms with van der Waals surface area (Å²) in [7, 11) is -7.74. The summed E-state index contributed by atoms with van der Waals surface area (Å²) < 4.78 is 49.7. The van der Waals surface area contributed by atoms with Gasteiger partial charge in [0.2, 0.25) is 10.0 Å². The summed E-state index contributed by atoms with van der Waals surface area (Å²) in [5, 5.41) is 8.07. The molecule has 1 aliphatic rings. The molecule has 0 spiro atoms. The number of sulfonamides is 2. The average Bonchev–Trinajstić information content (AvgIpc) is 2.87. The number of hydrogen-bond acceptors (Lipinski definition) is 6. The maximum atomic E-state index is 13.1. The maximum absolute atomic E-state index is 13.1. The van der Waals surface area contributed by atoms with E-state index in [9.17, 15) is 21.6 Å². The Morgan fingerprint density at radius 2 is 1.63 bits per heavy atom. The highest BCUT2D eigenvalue weighted by molar-refractivity contribution is 7.99. The second-order valence-corrected chi connectivity index (χ2v) is 10.4. The molecule has 0 radical (unpaired) electrons. The molecule has 2 aromatic rings. The monoisotopic (exact) mass is 449 g/mol. The Balaban J connectivity index is 1.87. The van der Waals surface area contributed by atoms with Gasteiger partial charge in [0.25, 0.3) is 15.9 Å². The molecule has 0 bridgehead atoms. The third-order valence-corrected chi connectivity index (χ3v) is 7.62. The first-order valence-electron chi connectivity index (χ1n) is 9.27. The fraction of sp³-hybridized carbons (Fsp3) is 0.250. The van der Waals surface area contributed by atoms with E-state index in [-0.39, 0.29) is 22.0 Å². The second kappa shape index (κ2) is 8.21. The van der Waals surface area contributed by atoms with E-state index in [1.165, 1.54) is 12.1 Å². The van der Waals surface area contributed by atoms with Crippen LogP contribution in [-0.2, 0) is 31.3 Å². The minimum atomic E-state index is -3.98. The Hall–Kier alpha value is -2.69. The van der Waals surface area contributed by atoms with Crippen LogP contribution in [0.15, 0.2) is 65.2 Å². The van der Waals surface area contributed by atoms with Crippen LogP contribution in [0.1, 0.15) is 25.0 Å². The minimum Gasteiger partial charge on any atom is -0.379 e. The van der Waals surface area contributed by atoms with Crippen molar-refractivity contribution in [2.75, 3.05) is 6.54 Å². The van der Waals surface area contributed by atoms with E-state index in [1.54, 1.807) is 56.3 Å². The summed E-state index contributed by atoms with van der Waals surface area (Å²) in [5.74, 6) is -0.589. The molecule has 0 saturated heterocycles. The topological polar surface area (TPSA) is 127 Å². The lowest BCUT2D eigenvalue weighted by Crippen LogP contribution is -2.39. The second-order valence-electron chi connectivity index (χ2n) is 7.14. The zero-order valence-electron chi connectivity index (χ0n) is 16.6. The van der Waals surface area contributed by atoms with Gasteiger partial charge in [0.15, 0.2) is 0 Å². The zero-order valence-corrected chi connectivity index (χ0v) is 18.2. The predicted octanol–water partition coefficient (Wildman–Crippen LogP) is 1.42. The Morgan fingerprint density at radius 1 is 1.03 bits per heavy atom. The fourth-order valence-corrected chi connectivity index (χ4v) is 5.70. The van der Waals surface area contributed by atoms with Crippen LogP contribution >= 0.6 is 0 Å². The van der Waals surface area contributed by atoms with Gasteiger partial charge in [0, 0.05) is 12.6 Å². The Morgan fingerprint density at radius 3 is 2.17 bits per heavy atom. The molecule has 0 aromatic heterocycles. The molecule has 1 amide bonds. The van der Waals surface area contributed by atoms with Crippen LogP contribution in [0.5, 0.6) is 0 Å². The number of primary sulfonamides is 1. The van der Waals surface area contributed by atoms with Crippen molar-refractivity contribution in [3.05, 3.63) is 71.4 Å². The van der Waals surface area contributed by atoms with Crippen LogP contribution < -0.4 is 10.5 Å². The molecule has 160 valence electrons. The molecule has 0 saturated carbocycles. The van der Waals surface area contributed by atoms with Gasteiger partial charge in [-0.05, 0) is 43.5 Å². The lowest BCUT2D eigenvalue weighted by Gasteiger charge is -2.20. The van der Waals surface area contributed by atoms with E-state index >= 15 is 0 Å². The van der Waals surface area contributed by atoms with Crippen molar-refractivity contribution in [2.45, 2.75) is 31.2 Å². The summed E-state index contributed by atoms with van der Waals surface area (Å²) in [4.78, 5) is 12.9. The van der Waals surface area contributed by atoms with Gasteiger partial charge in [0.1, 0.15) is 10.6 Å². The third-order valence-electron chi connectivity index (χ3n) is 4.63. The number of nitrogens with zero attached hydrogens (tertiary/aromatic N) is 1. The minimum absolute atomic E-state index is 0.0120. The Labute approximate surface area is 176 Å². The highest BCUT2D eigenvalue weighted by Crippen LogP contribution is 2.35. The largest absolute Gasteiger partial charge is 0.379 e. The van der Waals surface area contributed by atoms with Crippen LogP contribution in [-0.4, -0.2) is 39.6 Å². The number of carbonyl (C=O) groups is 1. The maximum Gasteiger partial charge on any atom is 0.285 e. The summed E-state index contributed by atoms with van der Waals surface area (Å²) in [5.41, 5.74) is 1.29. The van der Waals surface area contributed by atoms with Crippen LogP contribution in [0.25, 0.3) is 4.91 Å². The van der Waals surface area contributed by atoms with E-state index in [1.807, 2.05) is 0 Å². The van der Waals surface area contributed by atoms with Crippen LogP contribution in [0, 0.1) is 0 Å². The van der Waals surface area contributed by atoms with E-state index in [0.717, 1.165) is 9.87 Å². The van der Waals surface area contributed by atoms with E-state index in [2.05, 4.69) is 5.32 Å². The molecule has 1 heterocycles. The van der Waals surface area contributed by atoms with Gasteiger partial charge in [-0.25, -0.2) is 26.3 Å². The first-order valence-corrected chi connectivity index (χ1v) is 12.3. The van der Waals surface area contributed by atoms with Crippen molar-refractivity contribution in [3.63, 3.8) is 0 Å². The van der Waals surface area contributed by atoms with Crippen molar-refractivity contribution in [2.24, 2.45) is 5.14 Å². The van der Waals surface area contributed by atoms with E-state index in [4.69, 9.17) is 5.14 Å².